The Kier molecular flexibility index (Phi) is 4.09. The fraction of sp³-hybridized carbons (Fsp3) is 0.357. The van der Waals surface area contributed by atoms with E-state index in [2.05, 4.69) is 59.9 Å². The van der Waals surface area contributed by atoms with Crippen LogP contribution >= 0.6 is 0 Å². The zero-order valence-corrected chi connectivity index (χ0v) is 11.8. The molecule has 0 aromatic heterocycles. The highest BCUT2D eigenvalue weighted by molar-refractivity contribution is 6.84. The molecule has 0 unspecified atom stereocenters. The minimum atomic E-state index is -1.31. The lowest BCUT2D eigenvalue weighted by Crippen LogP contribution is -2.19. The van der Waals surface area contributed by atoms with Crippen molar-refractivity contribution in [1.29, 1.82) is 0 Å². The number of rotatable bonds is 1. The Labute approximate surface area is 99.8 Å². The number of nitrogens with zero attached hydrogens (tertiary/aromatic N) is 1. The second kappa shape index (κ2) is 5.13. The van der Waals surface area contributed by atoms with Gasteiger partial charge in [0, 0.05) is 0 Å². The maximum atomic E-state index is 3.41. The predicted octanol–water partition coefficient (Wildman–Crippen LogP) is 2.63. The van der Waals surface area contributed by atoms with Crippen LogP contribution in [0.15, 0.2) is 30.3 Å². The highest BCUT2D eigenvalue weighted by Crippen LogP contribution is 2.02. The van der Waals surface area contributed by atoms with E-state index in [1.54, 1.807) is 0 Å². The molecular formula is C14H20NSi+. The van der Waals surface area contributed by atoms with Crippen molar-refractivity contribution in [2.24, 2.45) is 0 Å². The molecule has 0 aliphatic carbocycles. The molecule has 1 aromatic rings. The Balaban J connectivity index is 3.14. The first-order valence-corrected chi connectivity index (χ1v) is 9.03. The van der Waals surface area contributed by atoms with Crippen LogP contribution in [0.3, 0.4) is 0 Å². The van der Waals surface area contributed by atoms with Gasteiger partial charge in [0.25, 0.3) is 5.71 Å². The van der Waals surface area contributed by atoms with Gasteiger partial charge in [0.2, 0.25) is 0 Å². The molecule has 1 nitrogen and oxygen atoms in total. The number of hydrogen-bond acceptors (Lipinski definition) is 0. The standard InChI is InChI=1S/C14H20NSi/c1-15(2)14(11-12-16(3,4)5)13-9-7-6-8-10-13/h6-10H,1-5H3/q+1. The summed E-state index contributed by atoms with van der Waals surface area (Å²) in [4.78, 5) is 0. The largest absolute Gasteiger partial charge is 0.257 e. The zero-order chi connectivity index (χ0) is 12.2. The number of hydrogen-bond donors (Lipinski definition) is 0. The molecular weight excluding hydrogens is 210 g/mol. The van der Waals surface area contributed by atoms with Crippen LogP contribution in [-0.4, -0.2) is 32.5 Å². The van der Waals surface area contributed by atoms with Gasteiger partial charge >= 0.3 is 0 Å². The van der Waals surface area contributed by atoms with Gasteiger partial charge in [-0.25, -0.2) is 4.58 Å². The van der Waals surface area contributed by atoms with E-state index in [1.807, 2.05) is 20.2 Å². The van der Waals surface area contributed by atoms with Gasteiger partial charge < -0.3 is 0 Å². The second-order valence-corrected chi connectivity index (χ2v) is 9.86. The summed E-state index contributed by atoms with van der Waals surface area (Å²) in [5.41, 5.74) is 5.70. The van der Waals surface area contributed by atoms with Gasteiger partial charge in [-0.2, -0.15) is 0 Å². The predicted molar refractivity (Wildman–Crippen MR) is 73.8 cm³/mol. The van der Waals surface area contributed by atoms with Gasteiger partial charge in [0.15, 0.2) is 0 Å². The SMILES string of the molecule is C[N+](C)=C(C#C[Si](C)(C)C)c1ccccc1. The molecule has 0 aliphatic heterocycles. The topological polar surface area (TPSA) is 3.01 Å². The molecule has 16 heavy (non-hydrogen) atoms. The van der Waals surface area contributed by atoms with Crippen molar-refractivity contribution in [2.75, 3.05) is 14.1 Å². The number of benzene rings is 1. The Morgan fingerprint density at radius 3 is 2.06 bits per heavy atom. The molecule has 0 aliphatic rings. The Hall–Kier alpha value is -1.33. The molecule has 1 aromatic carbocycles. The summed E-state index contributed by atoms with van der Waals surface area (Å²) >= 11 is 0. The zero-order valence-electron chi connectivity index (χ0n) is 10.8. The maximum Gasteiger partial charge on any atom is 0.257 e. The van der Waals surface area contributed by atoms with E-state index < -0.39 is 8.07 Å². The fourth-order valence-corrected chi connectivity index (χ4v) is 1.78. The van der Waals surface area contributed by atoms with Crippen LogP contribution in [-0.2, 0) is 0 Å². The van der Waals surface area contributed by atoms with Crippen molar-refractivity contribution >= 4 is 13.8 Å². The van der Waals surface area contributed by atoms with Gasteiger partial charge in [0.1, 0.15) is 22.2 Å². The van der Waals surface area contributed by atoms with E-state index in [-0.39, 0.29) is 0 Å². The summed E-state index contributed by atoms with van der Waals surface area (Å²) in [5, 5.41) is 0. The van der Waals surface area contributed by atoms with Crippen molar-refractivity contribution in [3.05, 3.63) is 35.9 Å². The van der Waals surface area contributed by atoms with Crippen molar-refractivity contribution in [2.45, 2.75) is 19.6 Å². The first-order chi connectivity index (χ1) is 7.40. The van der Waals surface area contributed by atoms with Crippen LogP contribution < -0.4 is 0 Å². The monoisotopic (exact) mass is 230 g/mol. The van der Waals surface area contributed by atoms with Gasteiger partial charge in [-0.15, -0.1) is 5.54 Å². The van der Waals surface area contributed by atoms with E-state index in [1.165, 1.54) is 5.56 Å². The molecule has 84 valence electrons. The average molecular weight is 230 g/mol. The van der Waals surface area contributed by atoms with E-state index in [0.717, 1.165) is 5.71 Å². The summed E-state index contributed by atoms with van der Waals surface area (Å²) in [6, 6.07) is 10.3. The molecule has 0 atom stereocenters. The maximum absolute atomic E-state index is 3.41. The summed E-state index contributed by atoms with van der Waals surface area (Å²) < 4.78 is 2.09. The molecule has 0 saturated carbocycles. The summed E-state index contributed by atoms with van der Waals surface area (Å²) in [5.74, 6) is 3.33. The molecule has 0 heterocycles. The quantitative estimate of drug-likeness (QED) is 0.302. The van der Waals surface area contributed by atoms with Crippen LogP contribution in [0.5, 0.6) is 0 Å². The molecule has 0 saturated heterocycles. The molecule has 0 N–H and O–H groups in total. The Bertz CT molecular complexity index is 437. The molecule has 2 heteroatoms. The summed E-state index contributed by atoms with van der Waals surface area (Å²) in [6.07, 6.45) is 0. The van der Waals surface area contributed by atoms with Crippen molar-refractivity contribution < 1.29 is 4.58 Å². The smallest absolute Gasteiger partial charge is 0.227 e. The first-order valence-electron chi connectivity index (χ1n) is 5.53. The highest BCUT2D eigenvalue weighted by Gasteiger charge is 2.11. The van der Waals surface area contributed by atoms with Crippen LogP contribution in [0, 0.1) is 11.5 Å². The van der Waals surface area contributed by atoms with Crippen LogP contribution in [0.25, 0.3) is 0 Å². The van der Waals surface area contributed by atoms with Crippen molar-refractivity contribution in [3.63, 3.8) is 0 Å². The van der Waals surface area contributed by atoms with Gasteiger partial charge in [0.05, 0.1) is 5.56 Å². The van der Waals surface area contributed by atoms with Gasteiger partial charge in [-0.05, 0) is 18.1 Å². The van der Waals surface area contributed by atoms with E-state index in [9.17, 15) is 0 Å². The first kappa shape index (κ1) is 12.7. The molecule has 0 amide bonds. The average Bonchev–Trinajstić information content (AvgIpc) is 2.17. The van der Waals surface area contributed by atoms with E-state index in [4.69, 9.17) is 0 Å². The highest BCUT2D eigenvalue weighted by atomic mass is 28.3. The summed E-state index contributed by atoms with van der Waals surface area (Å²) in [7, 11) is 2.78. The third-order valence-electron chi connectivity index (χ3n) is 2.05. The van der Waals surface area contributed by atoms with Gasteiger partial charge in [-0.3, -0.25) is 0 Å². The molecule has 0 bridgehead atoms. The lowest BCUT2D eigenvalue weighted by Gasteiger charge is -2.03. The summed E-state index contributed by atoms with van der Waals surface area (Å²) in [6.45, 7) is 6.79. The Morgan fingerprint density at radius 2 is 1.62 bits per heavy atom. The van der Waals surface area contributed by atoms with Gasteiger partial charge in [-0.1, -0.05) is 37.8 Å². The second-order valence-electron chi connectivity index (χ2n) is 5.11. The van der Waals surface area contributed by atoms with Crippen molar-refractivity contribution in [1.82, 2.24) is 0 Å². The van der Waals surface area contributed by atoms with Crippen LogP contribution in [0.2, 0.25) is 19.6 Å². The fourth-order valence-electron chi connectivity index (χ4n) is 1.28. The molecule has 1 rings (SSSR count). The van der Waals surface area contributed by atoms with E-state index in [0.29, 0.717) is 0 Å². The minimum Gasteiger partial charge on any atom is -0.227 e. The van der Waals surface area contributed by atoms with E-state index >= 15 is 0 Å². The third-order valence-corrected chi connectivity index (χ3v) is 2.93. The normalized spacial score (nSPS) is 10.3. The molecule has 0 fully saturated rings. The molecule has 0 radical (unpaired) electrons. The van der Waals surface area contributed by atoms with Crippen LogP contribution in [0.1, 0.15) is 5.56 Å². The lowest BCUT2D eigenvalue weighted by atomic mass is 10.1. The lowest BCUT2D eigenvalue weighted by molar-refractivity contribution is -0.462. The van der Waals surface area contributed by atoms with Crippen molar-refractivity contribution in [3.8, 4) is 11.5 Å². The molecule has 0 spiro atoms. The minimum absolute atomic E-state index is 1.10. The Morgan fingerprint density at radius 1 is 1.06 bits per heavy atom. The third kappa shape index (κ3) is 4.04. The van der Waals surface area contributed by atoms with Crippen LogP contribution in [0.4, 0.5) is 0 Å².